The van der Waals surface area contributed by atoms with Crippen molar-refractivity contribution in [3.63, 3.8) is 0 Å². The molecule has 1 atom stereocenters. The van der Waals surface area contributed by atoms with Gasteiger partial charge >= 0.3 is 7.12 Å². The summed E-state index contributed by atoms with van der Waals surface area (Å²) in [6.45, 7) is 0. The summed E-state index contributed by atoms with van der Waals surface area (Å²) < 4.78 is 5.20. The Morgan fingerprint density at radius 1 is 1.12 bits per heavy atom. The highest BCUT2D eigenvalue weighted by molar-refractivity contribution is 6.41. The first-order chi connectivity index (χ1) is 12.5. The second kappa shape index (κ2) is 9.60. The van der Waals surface area contributed by atoms with Crippen LogP contribution in [-0.2, 0) is 4.79 Å². The second-order valence-electron chi connectivity index (χ2n) is 5.66. The first-order valence-electron chi connectivity index (χ1n) is 8.12. The lowest BCUT2D eigenvalue weighted by molar-refractivity contribution is -0.121. The third-order valence-corrected chi connectivity index (χ3v) is 3.71. The lowest BCUT2D eigenvalue weighted by atomic mass is 9.92. The van der Waals surface area contributed by atoms with Gasteiger partial charge in [-0.15, -0.1) is 0 Å². The summed E-state index contributed by atoms with van der Waals surface area (Å²) in [7, 11) is -0.0976. The number of amides is 2. The van der Waals surface area contributed by atoms with E-state index in [4.69, 9.17) is 14.8 Å². The number of carbonyl (C=O) groups excluding carboxylic acids is 2. The molecule has 1 unspecified atom stereocenters. The van der Waals surface area contributed by atoms with Crippen molar-refractivity contribution < 1.29 is 24.4 Å². The van der Waals surface area contributed by atoms with E-state index in [1.54, 1.807) is 48.5 Å². The molecule has 2 aromatic carbocycles. The molecule has 0 radical (unpaired) electrons. The van der Waals surface area contributed by atoms with E-state index in [1.807, 2.05) is 6.07 Å². The Hall–Kier alpha value is -2.84. The summed E-state index contributed by atoms with van der Waals surface area (Å²) in [6, 6.07) is 15.1. The number of nitrogens with one attached hydrogen (secondary N) is 2. The molecule has 7 nitrogen and oxygen atoms in total. The van der Waals surface area contributed by atoms with E-state index in [1.165, 1.54) is 7.11 Å². The fourth-order valence-corrected chi connectivity index (χ4v) is 2.40. The summed E-state index contributed by atoms with van der Waals surface area (Å²) >= 11 is 0. The van der Waals surface area contributed by atoms with Crippen molar-refractivity contribution in [1.82, 2.24) is 10.6 Å². The zero-order valence-electron chi connectivity index (χ0n) is 14.4. The number of carbonyl (C=O) groups is 2. The van der Waals surface area contributed by atoms with Gasteiger partial charge in [0.05, 0.1) is 26.0 Å². The third kappa shape index (κ3) is 5.91. The third-order valence-electron chi connectivity index (χ3n) is 3.71. The topological polar surface area (TPSA) is 108 Å². The molecule has 0 fully saturated rings. The van der Waals surface area contributed by atoms with Crippen LogP contribution in [0, 0.1) is 0 Å². The zero-order chi connectivity index (χ0) is 18.9. The van der Waals surface area contributed by atoms with Crippen molar-refractivity contribution in [3.8, 4) is 5.75 Å². The van der Waals surface area contributed by atoms with Crippen LogP contribution in [0.15, 0.2) is 54.6 Å². The van der Waals surface area contributed by atoms with Crippen molar-refractivity contribution in [2.24, 2.45) is 0 Å². The van der Waals surface area contributed by atoms with Crippen LogP contribution >= 0.6 is 0 Å². The monoisotopic (exact) mass is 356 g/mol. The molecule has 0 bridgehead atoms. The number of hydrogen-bond acceptors (Lipinski definition) is 5. The lowest BCUT2D eigenvalue weighted by Gasteiger charge is -2.20. The van der Waals surface area contributed by atoms with E-state index in [0.717, 1.165) is 0 Å². The van der Waals surface area contributed by atoms with Crippen LogP contribution in [0.25, 0.3) is 0 Å². The van der Waals surface area contributed by atoms with Crippen LogP contribution in [0.3, 0.4) is 0 Å². The highest BCUT2D eigenvalue weighted by atomic mass is 16.5. The molecule has 0 saturated heterocycles. The molecule has 2 aromatic rings. The van der Waals surface area contributed by atoms with Crippen molar-refractivity contribution in [3.05, 3.63) is 65.7 Å². The van der Waals surface area contributed by atoms with E-state index in [9.17, 15) is 9.59 Å². The van der Waals surface area contributed by atoms with Gasteiger partial charge in [0.25, 0.3) is 5.91 Å². The summed E-state index contributed by atoms with van der Waals surface area (Å²) in [5, 5.41) is 23.0. The predicted octanol–water partition coefficient (Wildman–Crippen LogP) is 0.685. The largest absolute Gasteiger partial charge is 0.497 e. The normalized spacial score (nSPS) is 11.3. The smallest absolute Gasteiger partial charge is 0.472 e. The van der Waals surface area contributed by atoms with Crippen LogP contribution in [-0.4, -0.2) is 42.5 Å². The highest BCUT2D eigenvalue weighted by Crippen LogP contribution is 2.22. The van der Waals surface area contributed by atoms with Crippen LogP contribution < -0.4 is 15.4 Å². The molecule has 136 valence electrons. The van der Waals surface area contributed by atoms with E-state index in [-0.39, 0.29) is 18.8 Å². The number of ether oxygens (including phenoxy) is 1. The molecule has 0 spiro atoms. The minimum atomic E-state index is -1.63. The summed E-state index contributed by atoms with van der Waals surface area (Å²) in [5.74, 6) is -0.125. The molecule has 0 heterocycles. The zero-order valence-corrected chi connectivity index (χ0v) is 14.4. The fraction of sp³-hybridized carbons (Fsp3) is 0.222. The molecular formula is C18H21BN2O5. The molecule has 2 rings (SSSR count). The van der Waals surface area contributed by atoms with Gasteiger partial charge in [-0.05, 0) is 29.8 Å². The average Bonchev–Trinajstić information content (AvgIpc) is 2.66. The Bertz CT molecular complexity index is 739. The maximum Gasteiger partial charge on any atom is 0.472 e. The van der Waals surface area contributed by atoms with Crippen LogP contribution in [0.1, 0.15) is 28.4 Å². The molecule has 8 heteroatoms. The Labute approximate surface area is 152 Å². The van der Waals surface area contributed by atoms with Gasteiger partial charge in [-0.25, -0.2) is 0 Å². The van der Waals surface area contributed by atoms with E-state index < -0.39 is 19.1 Å². The van der Waals surface area contributed by atoms with Crippen molar-refractivity contribution >= 4 is 18.9 Å². The SMILES string of the molecule is COc1cccc(C(CC(=O)NCB(O)O)NC(=O)c2ccccc2)c1. The van der Waals surface area contributed by atoms with Crippen molar-refractivity contribution in [1.29, 1.82) is 0 Å². The Kier molecular flexibility index (Phi) is 7.19. The van der Waals surface area contributed by atoms with Gasteiger partial charge < -0.3 is 25.4 Å². The number of hydrogen-bond donors (Lipinski definition) is 4. The van der Waals surface area contributed by atoms with E-state index >= 15 is 0 Å². The Balaban J connectivity index is 2.17. The van der Waals surface area contributed by atoms with Gasteiger partial charge in [-0.2, -0.15) is 0 Å². The standard InChI is InChI=1S/C18H21BN2O5/c1-26-15-9-5-8-14(10-15)16(11-17(22)20-12-19(24)25)21-18(23)13-6-3-2-4-7-13/h2-10,16,24-25H,11-12H2,1H3,(H,20,22)(H,21,23). The average molecular weight is 356 g/mol. The summed E-state index contributed by atoms with van der Waals surface area (Å²) in [5.41, 5.74) is 1.18. The van der Waals surface area contributed by atoms with Gasteiger partial charge in [0.2, 0.25) is 5.91 Å². The molecule has 26 heavy (non-hydrogen) atoms. The summed E-state index contributed by atoms with van der Waals surface area (Å²) in [4.78, 5) is 24.6. The second-order valence-corrected chi connectivity index (χ2v) is 5.66. The molecule has 0 saturated carbocycles. The van der Waals surface area contributed by atoms with Crippen molar-refractivity contribution in [2.75, 3.05) is 13.6 Å². The summed E-state index contributed by atoms with van der Waals surface area (Å²) in [6.07, 6.45) is -0.339. The number of rotatable bonds is 8. The van der Waals surface area contributed by atoms with Gasteiger partial charge in [0.1, 0.15) is 5.75 Å². The predicted molar refractivity (Wildman–Crippen MR) is 97.5 cm³/mol. The van der Waals surface area contributed by atoms with Gasteiger partial charge in [-0.1, -0.05) is 30.3 Å². The number of benzene rings is 2. The molecular weight excluding hydrogens is 335 g/mol. The van der Waals surface area contributed by atoms with E-state index in [0.29, 0.717) is 16.9 Å². The Morgan fingerprint density at radius 3 is 2.50 bits per heavy atom. The van der Waals surface area contributed by atoms with Crippen LogP contribution in [0.5, 0.6) is 5.75 Å². The maximum absolute atomic E-state index is 12.5. The molecule has 0 aliphatic carbocycles. The Morgan fingerprint density at radius 2 is 1.85 bits per heavy atom. The highest BCUT2D eigenvalue weighted by Gasteiger charge is 2.20. The van der Waals surface area contributed by atoms with Gasteiger partial charge in [-0.3, -0.25) is 9.59 Å². The van der Waals surface area contributed by atoms with Gasteiger partial charge in [0.15, 0.2) is 0 Å². The minimum absolute atomic E-state index is 0.0571. The number of methoxy groups -OCH3 is 1. The molecule has 4 N–H and O–H groups in total. The lowest BCUT2D eigenvalue weighted by Crippen LogP contribution is -2.38. The fourth-order valence-electron chi connectivity index (χ4n) is 2.40. The van der Waals surface area contributed by atoms with Crippen LogP contribution in [0.2, 0.25) is 0 Å². The first-order valence-corrected chi connectivity index (χ1v) is 8.12. The molecule has 0 aromatic heterocycles. The maximum atomic E-state index is 12.5. The van der Waals surface area contributed by atoms with Crippen LogP contribution in [0.4, 0.5) is 0 Å². The minimum Gasteiger partial charge on any atom is -0.497 e. The molecule has 0 aliphatic heterocycles. The first kappa shape index (κ1) is 19.5. The van der Waals surface area contributed by atoms with Gasteiger partial charge in [0, 0.05) is 5.56 Å². The molecule has 0 aliphatic rings. The van der Waals surface area contributed by atoms with E-state index in [2.05, 4.69) is 10.6 Å². The molecule has 2 amide bonds. The quantitative estimate of drug-likeness (QED) is 0.521. The van der Waals surface area contributed by atoms with Crippen molar-refractivity contribution in [2.45, 2.75) is 12.5 Å².